The van der Waals surface area contributed by atoms with Gasteiger partial charge in [0.1, 0.15) is 0 Å². The molecular weight excluding hydrogens is 214 g/mol. The molecule has 2 atom stereocenters. The van der Waals surface area contributed by atoms with Crippen LogP contribution >= 0.6 is 11.3 Å². The average molecular weight is 237 g/mol. The summed E-state index contributed by atoms with van der Waals surface area (Å²) in [7, 11) is 0. The summed E-state index contributed by atoms with van der Waals surface area (Å²) in [5.74, 6) is 1.64. The van der Waals surface area contributed by atoms with Crippen LogP contribution in [-0.2, 0) is 13.0 Å². The van der Waals surface area contributed by atoms with Gasteiger partial charge in [-0.05, 0) is 54.1 Å². The maximum atomic E-state index is 3.53. The summed E-state index contributed by atoms with van der Waals surface area (Å²) in [4.78, 5) is 1.65. The molecule has 2 unspecified atom stereocenters. The number of fused-ring (bicyclic) bond motifs is 1. The summed E-state index contributed by atoms with van der Waals surface area (Å²) in [5.41, 5.74) is 3.24. The fourth-order valence-corrected chi connectivity index (χ4v) is 4.19. The number of thiophene rings is 1. The van der Waals surface area contributed by atoms with Gasteiger partial charge in [-0.25, -0.2) is 0 Å². The van der Waals surface area contributed by atoms with Crippen LogP contribution in [0, 0.1) is 5.92 Å². The van der Waals surface area contributed by atoms with Crippen LogP contribution in [0.3, 0.4) is 0 Å². The minimum atomic E-state index is 0.767. The third kappa shape index (κ3) is 2.49. The molecule has 0 spiro atoms. The zero-order valence-electron chi connectivity index (χ0n) is 10.7. The summed E-state index contributed by atoms with van der Waals surface area (Å²) >= 11 is 1.98. The molecule has 1 aliphatic rings. The predicted molar refractivity (Wildman–Crippen MR) is 72.2 cm³/mol. The first kappa shape index (κ1) is 12.1. The van der Waals surface area contributed by atoms with Gasteiger partial charge in [-0.1, -0.05) is 20.8 Å². The Morgan fingerprint density at radius 2 is 2.25 bits per heavy atom. The standard InChI is InChI=1S/C14H23NS/c1-4-5-15-8-12-9-16-13-7-10(2)6-11(3)14(12)13/h9-11,15H,4-8H2,1-3H3. The largest absolute Gasteiger partial charge is 0.313 e. The van der Waals surface area contributed by atoms with E-state index in [0.29, 0.717) is 0 Å². The van der Waals surface area contributed by atoms with Gasteiger partial charge in [-0.3, -0.25) is 0 Å². The van der Waals surface area contributed by atoms with Crippen LogP contribution < -0.4 is 5.32 Å². The predicted octanol–water partition coefficient (Wildman–Crippen LogP) is 3.93. The van der Waals surface area contributed by atoms with Crippen LogP contribution in [0.1, 0.15) is 55.5 Å². The fraction of sp³-hybridized carbons (Fsp3) is 0.714. The Morgan fingerprint density at radius 1 is 1.44 bits per heavy atom. The topological polar surface area (TPSA) is 12.0 Å². The van der Waals surface area contributed by atoms with Crippen molar-refractivity contribution in [1.29, 1.82) is 0 Å². The van der Waals surface area contributed by atoms with Crippen LogP contribution in [0.25, 0.3) is 0 Å². The molecule has 0 amide bonds. The van der Waals surface area contributed by atoms with Crippen LogP contribution in [0.4, 0.5) is 0 Å². The highest BCUT2D eigenvalue weighted by Crippen LogP contribution is 2.39. The highest BCUT2D eigenvalue weighted by molar-refractivity contribution is 7.10. The van der Waals surface area contributed by atoms with E-state index >= 15 is 0 Å². The second kappa shape index (κ2) is 5.33. The molecule has 0 saturated heterocycles. The van der Waals surface area contributed by atoms with E-state index in [-0.39, 0.29) is 0 Å². The molecule has 1 aromatic heterocycles. The first-order chi connectivity index (χ1) is 7.72. The number of hydrogen-bond acceptors (Lipinski definition) is 2. The Morgan fingerprint density at radius 3 is 3.00 bits per heavy atom. The minimum Gasteiger partial charge on any atom is -0.313 e. The lowest BCUT2D eigenvalue weighted by molar-refractivity contribution is 0.452. The monoisotopic (exact) mass is 237 g/mol. The summed E-state index contributed by atoms with van der Waals surface area (Å²) in [6, 6.07) is 0. The average Bonchev–Trinajstić information content (AvgIpc) is 2.62. The van der Waals surface area contributed by atoms with Crippen molar-refractivity contribution in [2.75, 3.05) is 6.54 Å². The molecule has 0 radical (unpaired) electrons. The molecule has 1 nitrogen and oxygen atoms in total. The lowest BCUT2D eigenvalue weighted by atomic mass is 9.81. The van der Waals surface area contributed by atoms with E-state index in [0.717, 1.165) is 24.9 Å². The molecule has 1 heterocycles. The molecule has 0 saturated carbocycles. The van der Waals surface area contributed by atoms with E-state index in [1.54, 1.807) is 16.0 Å². The molecule has 1 aromatic rings. The normalized spacial score (nSPS) is 24.4. The molecule has 0 bridgehead atoms. The molecule has 90 valence electrons. The Kier molecular flexibility index (Phi) is 4.04. The minimum absolute atomic E-state index is 0.767. The SMILES string of the molecule is CCCNCc1csc2c1C(C)CC(C)C2. The van der Waals surface area contributed by atoms with Gasteiger partial charge in [-0.2, -0.15) is 0 Å². The van der Waals surface area contributed by atoms with Crippen LogP contribution in [0.15, 0.2) is 5.38 Å². The van der Waals surface area contributed by atoms with Crippen molar-refractivity contribution < 1.29 is 0 Å². The Bertz CT molecular complexity index is 343. The maximum Gasteiger partial charge on any atom is 0.0216 e. The summed E-state index contributed by atoms with van der Waals surface area (Å²) in [6.07, 6.45) is 3.89. The van der Waals surface area contributed by atoms with Crippen molar-refractivity contribution in [2.45, 2.75) is 52.5 Å². The highest BCUT2D eigenvalue weighted by atomic mass is 32.1. The molecule has 16 heavy (non-hydrogen) atoms. The molecule has 0 aromatic carbocycles. The summed E-state index contributed by atoms with van der Waals surface area (Å²) in [6.45, 7) is 9.20. The Balaban J connectivity index is 2.10. The molecule has 1 N–H and O–H groups in total. The fourth-order valence-electron chi connectivity index (χ4n) is 2.86. The Hall–Kier alpha value is -0.340. The van der Waals surface area contributed by atoms with Crippen molar-refractivity contribution >= 4 is 11.3 Å². The van der Waals surface area contributed by atoms with Gasteiger partial charge in [0.15, 0.2) is 0 Å². The van der Waals surface area contributed by atoms with Gasteiger partial charge in [0, 0.05) is 11.4 Å². The molecule has 2 heteroatoms. The lowest BCUT2D eigenvalue weighted by Gasteiger charge is -2.25. The van der Waals surface area contributed by atoms with Crippen molar-refractivity contribution in [3.63, 3.8) is 0 Å². The molecule has 0 fully saturated rings. The maximum absolute atomic E-state index is 3.53. The van der Waals surface area contributed by atoms with Gasteiger partial charge in [0.05, 0.1) is 0 Å². The van der Waals surface area contributed by atoms with Crippen LogP contribution in [0.5, 0.6) is 0 Å². The first-order valence-corrected chi connectivity index (χ1v) is 7.40. The van der Waals surface area contributed by atoms with E-state index in [9.17, 15) is 0 Å². The van der Waals surface area contributed by atoms with Gasteiger partial charge in [0.25, 0.3) is 0 Å². The summed E-state index contributed by atoms with van der Waals surface area (Å²) < 4.78 is 0. The summed E-state index contributed by atoms with van der Waals surface area (Å²) in [5, 5.41) is 5.90. The smallest absolute Gasteiger partial charge is 0.0216 e. The third-order valence-electron chi connectivity index (χ3n) is 3.51. The Labute approximate surface area is 103 Å². The first-order valence-electron chi connectivity index (χ1n) is 6.52. The van der Waals surface area contributed by atoms with Crippen molar-refractivity contribution in [2.24, 2.45) is 5.92 Å². The molecular formula is C14H23NS. The molecule has 1 aliphatic carbocycles. The zero-order chi connectivity index (χ0) is 11.5. The van der Waals surface area contributed by atoms with Crippen molar-refractivity contribution in [3.8, 4) is 0 Å². The number of nitrogens with one attached hydrogen (secondary N) is 1. The van der Waals surface area contributed by atoms with E-state index in [1.807, 2.05) is 11.3 Å². The quantitative estimate of drug-likeness (QED) is 0.782. The third-order valence-corrected chi connectivity index (χ3v) is 4.59. The van der Waals surface area contributed by atoms with E-state index < -0.39 is 0 Å². The van der Waals surface area contributed by atoms with Crippen molar-refractivity contribution in [3.05, 3.63) is 21.4 Å². The highest BCUT2D eigenvalue weighted by Gasteiger charge is 2.25. The molecule has 0 aliphatic heterocycles. The van der Waals surface area contributed by atoms with E-state index in [4.69, 9.17) is 0 Å². The van der Waals surface area contributed by atoms with E-state index in [1.165, 1.54) is 19.3 Å². The van der Waals surface area contributed by atoms with Gasteiger partial charge >= 0.3 is 0 Å². The number of rotatable bonds is 4. The van der Waals surface area contributed by atoms with E-state index in [2.05, 4.69) is 31.5 Å². The van der Waals surface area contributed by atoms with Crippen molar-refractivity contribution in [1.82, 2.24) is 5.32 Å². The molecule has 2 rings (SSSR count). The number of hydrogen-bond donors (Lipinski definition) is 1. The van der Waals surface area contributed by atoms with Crippen LogP contribution in [0.2, 0.25) is 0 Å². The van der Waals surface area contributed by atoms with Gasteiger partial charge in [0.2, 0.25) is 0 Å². The van der Waals surface area contributed by atoms with Gasteiger partial charge in [-0.15, -0.1) is 11.3 Å². The van der Waals surface area contributed by atoms with Crippen LogP contribution in [-0.4, -0.2) is 6.54 Å². The second-order valence-corrected chi connectivity index (χ2v) is 6.18. The van der Waals surface area contributed by atoms with Gasteiger partial charge < -0.3 is 5.32 Å². The second-order valence-electron chi connectivity index (χ2n) is 5.22. The zero-order valence-corrected chi connectivity index (χ0v) is 11.5. The lowest BCUT2D eigenvalue weighted by Crippen LogP contribution is -2.18.